The van der Waals surface area contributed by atoms with Crippen LogP contribution >= 0.6 is 0 Å². The van der Waals surface area contributed by atoms with E-state index in [-0.39, 0.29) is 12.5 Å². The summed E-state index contributed by atoms with van der Waals surface area (Å²) in [5.74, 6) is 0.665. The summed E-state index contributed by atoms with van der Waals surface area (Å²) >= 11 is 0. The highest BCUT2D eigenvalue weighted by molar-refractivity contribution is 6.02. The van der Waals surface area contributed by atoms with Crippen molar-refractivity contribution in [1.82, 2.24) is 20.0 Å². The Labute approximate surface area is 169 Å². The molecule has 2 aromatic heterocycles. The Morgan fingerprint density at radius 2 is 2.21 bits per heavy atom. The summed E-state index contributed by atoms with van der Waals surface area (Å²) in [6.45, 7) is 8.33. The van der Waals surface area contributed by atoms with Crippen molar-refractivity contribution < 1.29 is 9.21 Å². The van der Waals surface area contributed by atoms with Crippen molar-refractivity contribution in [3.05, 3.63) is 40.4 Å². The average molecular weight is 396 g/mol. The molecule has 1 atom stereocenters. The van der Waals surface area contributed by atoms with Crippen LogP contribution < -0.4 is 10.9 Å². The van der Waals surface area contributed by atoms with Crippen LogP contribution in [0.4, 0.5) is 0 Å². The predicted molar refractivity (Wildman–Crippen MR) is 113 cm³/mol. The van der Waals surface area contributed by atoms with Gasteiger partial charge in [-0.3, -0.25) is 9.48 Å². The van der Waals surface area contributed by atoms with E-state index in [0.29, 0.717) is 23.0 Å². The molecule has 0 saturated carbocycles. The van der Waals surface area contributed by atoms with Gasteiger partial charge in [-0.1, -0.05) is 18.6 Å². The Morgan fingerprint density at radius 3 is 3.03 bits per heavy atom. The highest BCUT2D eigenvalue weighted by atomic mass is 16.4. The zero-order chi connectivity index (χ0) is 20.4. The molecule has 1 aliphatic heterocycles. The number of aromatic nitrogens is 2. The van der Waals surface area contributed by atoms with Gasteiger partial charge in [-0.25, -0.2) is 4.79 Å². The first-order chi connectivity index (χ1) is 14.0. The van der Waals surface area contributed by atoms with Crippen molar-refractivity contribution in [3.63, 3.8) is 0 Å². The Bertz CT molecular complexity index is 1080. The van der Waals surface area contributed by atoms with E-state index in [4.69, 9.17) is 4.42 Å². The minimum absolute atomic E-state index is 0.0801. The number of nitrogens with one attached hydrogen (secondary N) is 1. The fourth-order valence-corrected chi connectivity index (χ4v) is 4.22. The number of benzene rings is 1. The highest BCUT2D eigenvalue weighted by Gasteiger charge is 2.17. The third-order valence-electron chi connectivity index (χ3n) is 5.66. The fraction of sp³-hybridized carbons (Fsp3) is 0.500. The molecule has 7 nitrogen and oxygen atoms in total. The number of amides is 1. The molecular weight excluding hydrogens is 368 g/mol. The molecule has 4 rings (SSSR count). The number of carbonyl (C=O) groups is 1. The molecule has 3 heterocycles. The van der Waals surface area contributed by atoms with Gasteiger partial charge in [0.15, 0.2) is 0 Å². The first-order valence-corrected chi connectivity index (χ1v) is 10.4. The molecule has 0 bridgehead atoms. The van der Waals surface area contributed by atoms with Gasteiger partial charge < -0.3 is 14.6 Å². The maximum absolute atomic E-state index is 12.5. The Balaban J connectivity index is 1.41. The van der Waals surface area contributed by atoms with Crippen molar-refractivity contribution in [3.8, 4) is 0 Å². The van der Waals surface area contributed by atoms with E-state index in [1.54, 1.807) is 10.7 Å². The van der Waals surface area contributed by atoms with Gasteiger partial charge in [-0.2, -0.15) is 5.10 Å². The molecule has 7 heteroatoms. The van der Waals surface area contributed by atoms with E-state index in [2.05, 4.69) is 22.2 Å². The summed E-state index contributed by atoms with van der Waals surface area (Å²) in [4.78, 5) is 27.2. The number of fused-ring (bicyclic) bond motifs is 3. The third-order valence-corrected chi connectivity index (χ3v) is 5.66. The molecule has 1 saturated heterocycles. The Kier molecular flexibility index (Phi) is 5.67. The summed E-state index contributed by atoms with van der Waals surface area (Å²) in [7, 11) is 0. The van der Waals surface area contributed by atoms with Crippen LogP contribution in [0.25, 0.3) is 21.9 Å². The molecule has 0 unspecified atom stereocenters. The largest absolute Gasteiger partial charge is 0.422 e. The first-order valence-electron chi connectivity index (χ1n) is 10.4. The van der Waals surface area contributed by atoms with Crippen molar-refractivity contribution in [2.45, 2.75) is 39.7 Å². The van der Waals surface area contributed by atoms with Crippen molar-refractivity contribution in [1.29, 1.82) is 0 Å². The van der Waals surface area contributed by atoms with Crippen LogP contribution in [0, 0.1) is 12.8 Å². The van der Waals surface area contributed by atoms with Gasteiger partial charge in [-0.15, -0.1) is 0 Å². The molecule has 0 spiro atoms. The lowest BCUT2D eigenvalue weighted by atomic mass is 10.0. The number of likely N-dealkylation sites (tertiary alicyclic amines) is 1. The van der Waals surface area contributed by atoms with Crippen molar-refractivity contribution in [2.24, 2.45) is 5.92 Å². The molecule has 154 valence electrons. The lowest BCUT2D eigenvalue weighted by Gasteiger charge is -2.30. The van der Waals surface area contributed by atoms with Gasteiger partial charge in [-0.05, 0) is 57.3 Å². The van der Waals surface area contributed by atoms with Crippen molar-refractivity contribution >= 4 is 27.8 Å². The maximum atomic E-state index is 12.5. The molecule has 1 amide bonds. The lowest BCUT2D eigenvalue weighted by molar-refractivity contribution is -0.121. The van der Waals surface area contributed by atoms with Crippen LogP contribution in [-0.2, 0) is 11.3 Å². The molecule has 0 aliphatic carbocycles. The second-order valence-electron chi connectivity index (χ2n) is 8.21. The third kappa shape index (κ3) is 4.34. The van der Waals surface area contributed by atoms with Gasteiger partial charge in [0.25, 0.3) is 0 Å². The molecule has 1 fully saturated rings. The number of hydrogen-bond donors (Lipinski definition) is 1. The first kappa shape index (κ1) is 19.6. The normalized spacial score (nSPS) is 17.8. The summed E-state index contributed by atoms with van der Waals surface area (Å²) in [5.41, 5.74) is 1.78. The summed E-state index contributed by atoms with van der Waals surface area (Å²) in [5, 5.41) is 8.45. The van der Waals surface area contributed by atoms with Crippen LogP contribution in [0.1, 0.15) is 31.7 Å². The fourth-order valence-electron chi connectivity index (χ4n) is 4.22. The SMILES string of the molecule is Cc1ccc2oc(=O)c3cnn(CC(=O)NCCCN4CCC[C@@H](C)C4)c3c2c1. The number of piperidine rings is 1. The molecule has 1 N–H and O–H groups in total. The van der Waals surface area contributed by atoms with Gasteiger partial charge in [0, 0.05) is 18.5 Å². The molecular formula is C22H28N4O3. The molecule has 1 aliphatic rings. The number of rotatable bonds is 6. The monoisotopic (exact) mass is 396 g/mol. The van der Waals surface area contributed by atoms with Crippen LogP contribution in [0.15, 0.2) is 33.6 Å². The predicted octanol–water partition coefficient (Wildman–Crippen LogP) is 2.69. The van der Waals surface area contributed by atoms with Gasteiger partial charge in [0.1, 0.15) is 17.5 Å². The number of carbonyl (C=O) groups excluding carboxylic acids is 1. The molecule has 3 aromatic rings. The zero-order valence-electron chi connectivity index (χ0n) is 17.1. The van der Waals surface area contributed by atoms with Crippen LogP contribution in [-0.4, -0.2) is 46.8 Å². The number of nitrogens with zero attached hydrogens (tertiary/aromatic N) is 3. The van der Waals surface area contributed by atoms with E-state index in [1.165, 1.54) is 19.0 Å². The molecule has 0 radical (unpaired) electrons. The van der Waals surface area contributed by atoms with E-state index < -0.39 is 5.63 Å². The van der Waals surface area contributed by atoms with Gasteiger partial charge >= 0.3 is 5.63 Å². The second-order valence-corrected chi connectivity index (χ2v) is 8.21. The van der Waals surface area contributed by atoms with Gasteiger partial charge in [0.2, 0.25) is 5.91 Å². The van der Waals surface area contributed by atoms with Crippen LogP contribution in [0.3, 0.4) is 0 Å². The smallest absolute Gasteiger partial charge is 0.347 e. The second kappa shape index (κ2) is 8.37. The van der Waals surface area contributed by atoms with Crippen LogP contribution in [0.5, 0.6) is 0 Å². The number of aryl methyl sites for hydroxylation is 1. The maximum Gasteiger partial charge on any atom is 0.347 e. The summed E-state index contributed by atoms with van der Waals surface area (Å²) in [6, 6.07) is 5.63. The highest BCUT2D eigenvalue weighted by Crippen LogP contribution is 2.23. The summed E-state index contributed by atoms with van der Waals surface area (Å²) in [6.07, 6.45) is 5.00. The standard InChI is InChI=1S/C22H28N4O3/c1-15-6-7-19-17(11-15)21-18(22(28)29-19)12-24-26(21)14-20(27)23-8-4-10-25-9-3-5-16(2)13-25/h6-7,11-12,16H,3-5,8-10,13-14H2,1-2H3,(H,23,27)/t16-/m1/s1. The van der Waals surface area contributed by atoms with Gasteiger partial charge in [0.05, 0.1) is 11.7 Å². The zero-order valence-corrected chi connectivity index (χ0v) is 17.1. The quantitative estimate of drug-likeness (QED) is 0.512. The Hall–Kier alpha value is -2.67. The van der Waals surface area contributed by atoms with E-state index >= 15 is 0 Å². The van der Waals surface area contributed by atoms with E-state index in [9.17, 15) is 9.59 Å². The average Bonchev–Trinajstić information content (AvgIpc) is 3.11. The van der Waals surface area contributed by atoms with E-state index in [0.717, 1.165) is 42.9 Å². The topological polar surface area (TPSA) is 80.4 Å². The molecule has 29 heavy (non-hydrogen) atoms. The van der Waals surface area contributed by atoms with Crippen LogP contribution in [0.2, 0.25) is 0 Å². The number of hydrogen-bond acceptors (Lipinski definition) is 5. The van der Waals surface area contributed by atoms with Crippen molar-refractivity contribution in [2.75, 3.05) is 26.2 Å². The van der Waals surface area contributed by atoms with E-state index in [1.807, 2.05) is 19.1 Å². The Morgan fingerprint density at radius 1 is 1.34 bits per heavy atom. The minimum Gasteiger partial charge on any atom is -0.422 e. The minimum atomic E-state index is -0.432. The summed E-state index contributed by atoms with van der Waals surface area (Å²) < 4.78 is 6.97. The molecule has 1 aromatic carbocycles. The lowest BCUT2D eigenvalue weighted by Crippen LogP contribution is -2.37.